The molecule has 1 amide bonds. The molecule has 0 atom stereocenters. The lowest BCUT2D eigenvalue weighted by Crippen LogP contribution is -2.27. The van der Waals surface area contributed by atoms with Gasteiger partial charge in [-0.1, -0.05) is 6.08 Å². The summed E-state index contributed by atoms with van der Waals surface area (Å²) in [5, 5.41) is 0. The molecule has 6 nitrogen and oxygen atoms in total. The second-order valence-corrected chi connectivity index (χ2v) is 7.83. The van der Waals surface area contributed by atoms with E-state index in [1.807, 2.05) is 56.3 Å². The Morgan fingerprint density at radius 2 is 1.70 bits per heavy atom. The molecule has 0 bridgehead atoms. The first-order valence-corrected chi connectivity index (χ1v) is 10.3. The quantitative estimate of drug-likeness (QED) is 0.401. The molecule has 0 spiro atoms. The molecule has 2 rings (SSSR count). The lowest BCUT2D eigenvalue weighted by atomic mass is 10.1. The van der Waals surface area contributed by atoms with E-state index in [2.05, 4.69) is 15.9 Å². The predicted molar refractivity (Wildman–Crippen MR) is 124 cm³/mol. The van der Waals surface area contributed by atoms with Gasteiger partial charge in [-0.2, -0.15) is 0 Å². The number of ketones is 1. The molecule has 0 saturated heterocycles. The van der Waals surface area contributed by atoms with Gasteiger partial charge in [0, 0.05) is 39.4 Å². The number of ether oxygens (including phenoxy) is 2. The standard InChI is InChI=1S/C23H27BrN2O4/c1-6-29-21-14-16(13-19(24)23(21)30-15-22(28)26(4)5)7-12-20(27)17-8-10-18(11-9-17)25(2)3/h7-14H,6,15H2,1-5H3/b12-7+. The number of halogens is 1. The van der Waals surface area contributed by atoms with Gasteiger partial charge in [-0.05, 0) is 70.9 Å². The van der Waals surface area contributed by atoms with Gasteiger partial charge in [0.25, 0.3) is 5.91 Å². The van der Waals surface area contributed by atoms with Crippen molar-refractivity contribution in [3.8, 4) is 11.5 Å². The number of nitrogens with zero attached hydrogens (tertiary/aromatic N) is 2. The second kappa shape index (κ2) is 10.8. The topological polar surface area (TPSA) is 59.1 Å². The van der Waals surface area contributed by atoms with Crippen LogP contribution in [0.25, 0.3) is 6.08 Å². The number of hydrogen-bond donors (Lipinski definition) is 0. The highest BCUT2D eigenvalue weighted by atomic mass is 79.9. The lowest BCUT2D eigenvalue weighted by molar-refractivity contribution is -0.130. The number of allylic oxidation sites excluding steroid dienone is 1. The van der Waals surface area contributed by atoms with Crippen LogP contribution in [0.5, 0.6) is 11.5 Å². The van der Waals surface area contributed by atoms with Crippen LogP contribution in [-0.2, 0) is 4.79 Å². The first-order valence-electron chi connectivity index (χ1n) is 9.52. The number of benzene rings is 2. The van der Waals surface area contributed by atoms with Gasteiger partial charge in [-0.15, -0.1) is 0 Å². The first kappa shape index (κ1) is 23.5. The fourth-order valence-electron chi connectivity index (χ4n) is 2.54. The summed E-state index contributed by atoms with van der Waals surface area (Å²) in [6.07, 6.45) is 3.25. The number of carbonyl (C=O) groups is 2. The van der Waals surface area contributed by atoms with E-state index < -0.39 is 0 Å². The zero-order chi connectivity index (χ0) is 22.3. The lowest BCUT2D eigenvalue weighted by Gasteiger charge is -2.16. The summed E-state index contributed by atoms with van der Waals surface area (Å²) in [6.45, 7) is 2.21. The molecule has 0 aromatic heterocycles. The van der Waals surface area contributed by atoms with Crippen LogP contribution in [0.3, 0.4) is 0 Å². The van der Waals surface area contributed by atoms with Gasteiger partial charge < -0.3 is 19.3 Å². The summed E-state index contributed by atoms with van der Waals surface area (Å²) in [5.74, 6) is 0.709. The van der Waals surface area contributed by atoms with E-state index in [-0.39, 0.29) is 18.3 Å². The van der Waals surface area contributed by atoms with Crippen LogP contribution in [0.1, 0.15) is 22.8 Å². The highest BCUT2D eigenvalue weighted by Gasteiger charge is 2.14. The van der Waals surface area contributed by atoms with Crippen molar-refractivity contribution in [2.45, 2.75) is 6.92 Å². The van der Waals surface area contributed by atoms with E-state index >= 15 is 0 Å². The predicted octanol–water partition coefficient (Wildman–Crippen LogP) is 4.28. The van der Waals surface area contributed by atoms with Gasteiger partial charge >= 0.3 is 0 Å². The molecule has 7 heteroatoms. The third-order valence-corrected chi connectivity index (χ3v) is 4.85. The number of likely N-dealkylation sites (N-methyl/N-ethyl adjacent to an activating group) is 1. The molecule has 0 saturated carbocycles. The maximum absolute atomic E-state index is 12.5. The molecular weight excluding hydrogens is 448 g/mol. The number of amides is 1. The Bertz CT molecular complexity index is 922. The Labute approximate surface area is 186 Å². The maximum Gasteiger partial charge on any atom is 0.259 e. The van der Waals surface area contributed by atoms with Crippen molar-refractivity contribution in [1.29, 1.82) is 0 Å². The molecule has 0 aliphatic carbocycles. The molecule has 0 aliphatic heterocycles. The minimum absolute atomic E-state index is 0.0914. The summed E-state index contributed by atoms with van der Waals surface area (Å²) in [5.41, 5.74) is 2.42. The first-order chi connectivity index (χ1) is 14.2. The molecule has 2 aromatic rings. The van der Waals surface area contributed by atoms with E-state index in [1.54, 1.807) is 26.2 Å². The number of hydrogen-bond acceptors (Lipinski definition) is 5. The van der Waals surface area contributed by atoms with Gasteiger partial charge in [-0.3, -0.25) is 9.59 Å². The zero-order valence-corrected chi connectivity index (χ0v) is 19.5. The van der Waals surface area contributed by atoms with Crippen LogP contribution in [0, 0.1) is 0 Å². The number of rotatable bonds is 9. The van der Waals surface area contributed by atoms with Crippen molar-refractivity contribution < 1.29 is 19.1 Å². The van der Waals surface area contributed by atoms with Crippen molar-refractivity contribution in [3.63, 3.8) is 0 Å². The van der Waals surface area contributed by atoms with Crippen LogP contribution in [0.4, 0.5) is 5.69 Å². The smallest absolute Gasteiger partial charge is 0.259 e. The minimum atomic E-state index is -0.154. The summed E-state index contributed by atoms with van der Waals surface area (Å²) in [4.78, 5) is 27.8. The summed E-state index contributed by atoms with van der Waals surface area (Å²) >= 11 is 3.48. The van der Waals surface area contributed by atoms with E-state index in [4.69, 9.17) is 9.47 Å². The molecule has 0 heterocycles. The maximum atomic E-state index is 12.5. The molecule has 0 N–H and O–H groups in total. The van der Waals surface area contributed by atoms with Crippen LogP contribution >= 0.6 is 15.9 Å². The SMILES string of the molecule is CCOc1cc(/C=C/C(=O)c2ccc(N(C)C)cc2)cc(Br)c1OCC(=O)N(C)C. The highest BCUT2D eigenvalue weighted by Crippen LogP contribution is 2.37. The number of carbonyl (C=O) groups excluding carboxylic acids is 2. The third-order valence-electron chi connectivity index (χ3n) is 4.27. The van der Waals surface area contributed by atoms with Gasteiger partial charge in [0.05, 0.1) is 11.1 Å². The van der Waals surface area contributed by atoms with Crippen molar-refractivity contribution >= 4 is 39.4 Å². The van der Waals surface area contributed by atoms with Crippen LogP contribution < -0.4 is 14.4 Å². The average molecular weight is 475 g/mol. The normalized spacial score (nSPS) is 10.7. The molecule has 160 valence electrons. The van der Waals surface area contributed by atoms with Gasteiger partial charge in [0.15, 0.2) is 23.9 Å². The van der Waals surface area contributed by atoms with Crippen molar-refractivity contribution in [2.75, 3.05) is 46.3 Å². The highest BCUT2D eigenvalue weighted by molar-refractivity contribution is 9.10. The minimum Gasteiger partial charge on any atom is -0.490 e. The summed E-state index contributed by atoms with van der Waals surface area (Å²) < 4.78 is 12.0. The summed E-state index contributed by atoms with van der Waals surface area (Å²) in [6, 6.07) is 11.0. The molecule has 2 aromatic carbocycles. The molecular formula is C23H27BrN2O4. The number of anilines is 1. The Hall–Kier alpha value is -2.80. The third kappa shape index (κ3) is 6.35. The van der Waals surface area contributed by atoms with E-state index in [0.717, 1.165) is 11.3 Å². The van der Waals surface area contributed by atoms with Crippen molar-refractivity contribution in [1.82, 2.24) is 4.90 Å². The molecule has 0 fully saturated rings. The fraction of sp³-hybridized carbons (Fsp3) is 0.304. The van der Waals surface area contributed by atoms with Crippen molar-refractivity contribution in [3.05, 3.63) is 58.1 Å². The monoisotopic (exact) mass is 474 g/mol. The second-order valence-electron chi connectivity index (χ2n) is 6.98. The molecule has 0 aliphatic rings. The summed E-state index contributed by atoms with van der Waals surface area (Å²) in [7, 11) is 7.25. The van der Waals surface area contributed by atoms with Crippen LogP contribution in [-0.4, -0.2) is 58.0 Å². The Kier molecular flexibility index (Phi) is 8.47. The van der Waals surface area contributed by atoms with Crippen LogP contribution in [0.15, 0.2) is 46.9 Å². The molecule has 0 unspecified atom stereocenters. The van der Waals surface area contributed by atoms with Gasteiger partial charge in [0.1, 0.15) is 0 Å². The average Bonchev–Trinajstić information content (AvgIpc) is 2.71. The van der Waals surface area contributed by atoms with Crippen molar-refractivity contribution in [2.24, 2.45) is 0 Å². The van der Waals surface area contributed by atoms with E-state index in [1.165, 1.54) is 11.0 Å². The fourth-order valence-corrected chi connectivity index (χ4v) is 3.12. The zero-order valence-electron chi connectivity index (χ0n) is 17.9. The van der Waals surface area contributed by atoms with Gasteiger partial charge in [0.2, 0.25) is 0 Å². The van der Waals surface area contributed by atoms with E-state index in [0.29, 0.717) is 28.1 Å². The molecule has 0 radical (unpaired) electrons. The van der Waals surface area contributed by atoms with E-state index in [9.17, 15) is 9.59 Å². The largest absolute Gasteiger partial charge is 0.490 e. The van der Waals surface area contributed by atoms with Gasteiger partial charge in [-0.25, -0.2) is 0 Å². The Morgan fingerprint density at radius 3 is 2.27 bits per heavy atom. The molecule has 30 heavy (non-hydrogen) atoms. The Morgan fingerprint density at radius 1 is 1.03 bits per heavy atom. The Balaban J connectivity index is 2.20. The van der Waals surface area contributed by atoms with Crippen LogP contribution in [0.2, 0.25) is 0 Å².